The van der Waals surface area contributed by atoms with Gasteiger partial charge in [0.25, 0.3) is 0 Å². The lowest BCUT2D eigenvalue weighted by Crippen LogP contribution is -2.28. The molecule has 1 N–H and O–H groups in total. The van der Waals surface area contributed by atoms with E-state index in [2.05, 4.69) is 0 Å². The normalized spacial score (nSPS) is 18.6. The van der Waals surface area contributed by atoms with Gasteiger partial charge in [-0.25, -0.2) is 0 Å². The molecule has 1 aromatic carbocycles. The molecule has 1 aliphatic heterocycles. The maximum atomic E-state index is 11.9. The largest absolute Gasteiger partial charge is 0.504 e. The van der Waals surface area contributed by atoms with Gasteiger partial charge in [-0.2, -0.15) is 0 Å². The number of nitrogens with zero attached hydrogens (tertiary/aromatic N) is 1. The van der Waals surface area contributed by atoms with Crippen LogP contribution in [0.25, 0.3) is 0 Å². The Kier molecular flexibility index (Phi) is 4.84. The Morgan fingerprint density at radius 3 is 2.90 bits per heavy atom. The first-order chi connectivity index (χ1) is 9.63. The van der Waals surface area contributed by atoms with Crippen molar-refractivity contribution in [1.29, 1.82) is 0 Å². The van der Waals surface area contributed by atoms with E-state index >= 15 is 0 Å². The third-order valence-electron chi connectivity index (χ3n) is 3.63. The Bertz CT molecular complexity index is 475. The molecular weight excluding hydrogens is 258 g/mol. The standard InChI is InChI=1S/C15H21NO4/c1-19-6-5-16-10-12(9-15(16)18)7-11-3-4-13(17)14(8-11)20-2/h3-4,8,12,17H,5-7,9-10H2,1-2H3/t12-/m1/s1. The number of carbonyl (C=O) groups is 1. The molecule has 1 heterocycles. The molecule has 0 saturated carbocycles. The van der Waals surface area contributed by atoms with Crippen molar-refractivity contribution in [1.82, 2.24) is 4.90 Å². The first-order valence-corrected chi connectivity index (χ1v) is 6.76. The van der Waals surface area contributed by atoms with Crippen LogP contribution in [-0.4, -0.2) is 49.8 Å². The monoisotopic (exact) mass is 279 g/mol. The van der Waals surface area contributed by atoms with E-state index in [0.717, 1.165) is 18.5 Å². The lowest BCUT2D eigenvalue weighted by atomic mass is 9.98. The Morgan fingerprint density at radius 1 is 1.40 bits per heavy atom. The Hall–Kier alpha value is -1.75. The zero-order valence-corrected chi connectivity index (χ0v) is 12.0. The van der Waals surface area contributed by atoms with E-state index < -0.39 is 0 Å². The Balaban J connectivity index is 1.96. The number of phenolic OH excluding ortho intramolecular Hbond substituents is 1. The minimum absolute atomic E-state index is 0.139. The van der Waals surface area contributed by atoms with Gasteiger partial charge in [-0.1, -0.05) is 6.07 Å². The van der Waals surface area contributed by atoms with E-state index in [-0.39, 0.29) is 11.7 Å². The maximum absolute atomic E-state index is 11.9. The summed E-state index contributed by atoms with van der Waals surface area (Å²) in [4.78, 5) is 13.7. The average Bonchev–Trinajstić information content (AvgIpc) is 2.78. The van der Waals surface area contributed by atoms with Gasteiger partial charge in [0.15, 0.2) is 11.5 Å². The number of amides is 1. The fraction of sp³-hybridized carbons (Fsp3) is 0.533. The van der Waals surface area contributed by atoms with E-state index in [1.807, 2.05) is 17.0 Å². The first kappa shape index (κ1) is 14.7. The summed E-state index contributed by atoms with van der Waals surface area (Å²) in [7, 11) is 3.17. The third-order valence-corrected chi connectivity index (χ3v) is 3.63. The highest BCUT2D eigenvalue weighted by Crippen LogP contribution is 2.29. The van der Waals surface area contributed by atoms with Crippen LogP contribution in [0.4, 0.5) is 0 Å². The fourth-order valence-electron chi connectivity index (χ4n) is 2.59. The van der Waals surface area contributed by atoms with Crippen LogP contribution in [0.5, 0.6) is 11.5 Å². The minimum Gasteiger partial charge on any atom is -0.504 e. The summed E-state index contributed by atoms with van der Waals surface area (Å²) in [6, 6.07) is 5.34. The predicted octanol–water partition coefficient (Wildman–Crippen LogP) is 1.44. The number of carbonyl (C=O) groups excluding carboxylic acids is 1. The van der Waals surface area contributed by atoms with Crippen molar-refractivity contribution < 1.29 is 19.4 Å². The van der Waals surface area contributed by atoms with Gasteiger partial charge >= 0.3 is 0 Å². The Labute approximate surface area is 119 Å². The van der Waals surface area contributed by atoms with Gasteiger partial charge < -0.3 is 19.5 Å². The molecule has 0 bridgehead atoms. The van der Waals surface area contributed by atoms with Crippen LogP contribution in [0.2, 0.25) is 0 Å². The van der Waals surface area contributed by atoms with Gasteiger partial charge in [-0.3, -0.25) is 4.79 Å². The van der Waals surface area contributed by atoms with Gasteiger partial charge in [0.2, 0.25) is 5.91 Å². The summed E-state index contributed by atoms with van der Waals surface area (Å²) in [5, 5.41) is 9.58. The molecule has 0 aliphatic carbocycles. The molecule has 1 fully saturated rings. The zero-order valence-electron chi connectivity index (χ0n) is 12.0. The zero-order chi connectivity index (χ0) is 14.5. The van der Waals surface area contributed by atoms with Crippen LogP contribution < -0.4 is 4.74 Å². The molecule has 1 aromatic rings. The fourth-order valence-corrected chi connectivity index (χ4v) is 2.59. The van der Waals surface area contributed by atoms with Gasteiger partial charge in [0.05, 0.1) is 13.7 Å². The summed E-state index contributed by atoms with van der Waals surface area (Å²) in [6.07, 6.45) is 1.39. The van der Waals surface area contributed by atoms with Crippen molar-refractivity contribution in [2.24, 2.45) is 5.92 Å². The van der Waals surface area contributed by atoms with Crippen molar-refractivity contribution in [2.75, 3.05) is 33.9 Å². The topological polar surface area (TPSA) is 59.0 Å². The average molecular weight is 279 g/mol. The van der Waals surface area contributed by atoms with Gasteiger partial charge in [-0.15, -0.1) is 0 Å². The van der Waals surface area contributed by atoms with E-state index in [0.29, 0.717) is 31.2 Å². The smallest absolute Gasteiger partial charge is 0.223 e. The number of hydrogen-bond donors (Lipinski definition) is 1. The highest BCUT2D eigenvalue weighted by atomic mass is 16.5. The van der Waals surface area contributed by atoms with Crippen molar-refractivity contribution in [3.63, 3.8) is 0 Å². The summed E-state index contributed by atoms with van der Waals surface area (Å²) in [5.74, 6) is 1.12. The third kappa shape index (κ3) is 3.42. The first-order valence-electron chi connectivity index (χ1n) is 6.76. The SMILES string of the molecule is COCCN1C[C@H](Cc2ccc(O)c(OC)c2)CC1=O. The molecule has 0 unspecified atom stereocenters. The molecular formula is C15H21NO4. The maximum Gasteiger partial charge on any atom is 0.223 e. The van der Waals surface area contributed by atoms with Crippen molar-refractivity contribution >= 4 is 5.91 Å². The van der Waals surface area contributed by atoms with Gasteiger partial charge in [-0.05, 0) is 30.0 Å². The molecule has 0 aromatic heterocycles. The number of benzene rings is 1. The van der Waals surface area contributed by atoms with E-state index in [1.54, 1.807) is 13.2 Å². The van der Waals surface area contributed by atoms with Gasteiger partial charge in [0.1, 0.15) is 0 Å². The second-order valence-electron chi connectivity index (χ2n) is 5.11. The second-order valence-corrected chi connectivity index (χ2v) is 5.11. The number of phenols is 1. The summed E-state index contributed by atoms with van der Waals surface area (Å²) in [6.45, 7) is 2.00. The molecule has 5 heteroatoms. The molecule has 0 radical (unpaired) electrons. The summed E-state index contributed by atoms with van der Waals surface area (Å²) >= 11 is 0. The van der Waals surface area contributed by atoms with E-state index in [4.69, 9.17) is 9.47 Å². The van der Waals surface area contributed by atoms with Crippen molar-refractivity contribution in [3.8, 4) is 11.5 Å². The second kappa shape index (κ2) is 6.61. The summed E-state index contributed by atoms with van der Waals surface area (Å²) < 4.78 is 10.1. The number of ether oxygens (including phenoxy) is 2. The number of aromatic hydroxyl groups is 1. The minimum atomic E-state index is 0.139. The van der Waals surface area contributed by atoms with Crippen LogP contribution in [0.1, 0.15) is 12.0 Å². The highest BCUT2D eigenvalue weighted by molar-refractivity contribution is 5.78. The van der Waals surface area contributed by atoms with Crippen molar-refractivity contribution in [2.45, 2.75) is 12.8 Å². The van der Waals surface area contributed by atoms with Crippen LogP contribution in [0.3, 0.4) is 0 Å². The van der Waals surface area contributed by atoms with Crippen molar-refractivity contribution in [3.05, 3.63) is 23.8 Å². The predicted molar refractivity (Wildman–Crippen MR) is 74.9 cm³/mol. The quantitative estimate of drug-likeness (QED) is 0.856. The number of hydrogen-bond acceptors (Lipinski definition) is 4. The molecule has 110 valence electrons. The van der Waals surface area contributed by atoms with Crippen LogP contribution in [0, 0.1) is 5.92 Å². The van der Waals surface area contributed by atoms with Gasteiger partial charge in [0, 0.05) is 26.6 Å². The van der Waals surface area contributed by atoms with E-state index in [9.17, 15) is 9.90 Å². The molecule has 1 amide bonds. The number of likely N-dealkylation sites (tertiary alicyclic amines) is 1. The molecule has 1 atom stereocenters. The molecule has 20 heavy (non-hydrogen) atoms. The lowest BCUT2D eigenvalue weighted by molar-refractivity contribution is -0.128. The number of methoxy groups -OCH3 is 2. The van der Waals surface area contributed by atoms with Crippen LogP contribution >= 0.6 is 0 Å². The van der Waals surface area contributed by atoms with Crippen LogP contribution in [0.15, 0.2) is 18.2 Å². The summed E-state index contributed by atoms with van der Waals surface area (Å²) in [5.41, 5.74) is 1.08. The van der Waals surface area contributed by atoms with Crippen LogP contribution in [-0.2, 0) is 16.0 Å². The highest BCUT2D eigenvalue weighted by Gasteiger charge is 2.29. The number of rotatable bonds is 6. The molecule has 0 spiro atoms. The molecule has 1 aliphatic rings. The molecule has 1 saturated heterocycles. The Morgan fingerprint density at radius 2 is 2.20 bits per heavy atom. The lowest BCUT2D eigenvalue weighted by Gasteiger charge is -2.16. The van der Waals surface area contributed by atoms with E-state index in [1.165, 1.54) is 7.11 Å². The molecule has 5 nitrogen and oxygen atoms in total. The molecule has 2 rings (SSSR count).